The highest BCUT2D eigenvalue weighted by Crippen LogP contribution is 2.13. The molecule has 7 heteroatoms. The molecule has 0 aliphatic rings. The van der Waals surface area contributed by atoms with Crippen molar-refractivity contribution < 1.29 is 9.53 Å². The van der Waals surface area contributed by atoms with Crippen LogP contribution in [0.15, 0.2) is 16.2 Å². The van der Waals surface area contributed by atoms with E-state index < -0.39 is 0 Å². The molecule has 2 aromatic heterocycles. The lowest BCUT2D eigenvalue weighted by atomic mass is 10.3. The van der Waals surface area contributed by atoms with E-state index in [1.807, 2.05) is 11.4 Å². The van der Waals surface area contributed by atoms with Crippen molar-refractivity contribution in [3.8, 4) is 0 Å². The number of carbonyl (C=O) groups excluding carboxylic acids is 1. The lowest BCUT2D eigenvalue weighted by molar-refractivity contribution is -0.143. The molecule has 2 N–H and O–H groups in total. The number of H-pyrrole nitrogens is 1. The first-order valence-electron chi connectivity index (χ1n) is 6.53. The van der Waals surface area contributed by atoms with Gasteiger partial charge in [0.2, 0.25) is 0 Å². The molecule has 6 nitrogen and oxygen atoms in total. The maximum Gasteiger partial charge on any atom is 0.305 e. The first-order chi connectivity index (χ1) is 9.70. The number of carbonyl (C=O) groups is 1. The normalized spacial score (nSPS) is 10.8. The van der Waals surface area contributed by atoms with Crippen LogP contribution < -0.4 is 10.9 Å². The van der Waals surface area contributed by atoms with Crippen molar-refractivity contribution in [2.24, 2.45) is 0 Å². The van der Waals surface area contributed by atoms with E-state index in [2.05, 4.69) is 15.3 Å². The van der Waals surface area contributed by atoms with E-state index >= 15 is 0 Å². The molecule has 0 aromatic carbocycles. The maximum atomic E-state index is 11.7. The minimum Gasteiger partial charge on any atom is -0.466 e. The molecule has 0 bridgehead atoms. The topological polar surface area (TPSA) is 84.1 Å². The van der Waals surface area contributed by atoms with Crippen LogP contribution >= 0.6 is 11.3 Å². The summed E-state index contributed by atoms with van der Waals surface area (Å²) in [5, 5.41) is 5.00. The number of fused-ring (bicyclic) bond motifs is 1. The van der Waals surface area contributed by atoms with E-state index in [4.69, 9.17) is 4.74 Å². The molecule has 0 radical (unpaired) electrons. The average Bonchev–Trinajstić information content (AvgIpc) is 2.87. The Hall–Kier alpha value is -1.73. The van der Waals surface area contributed by atoms with Crippen molar-refractivity contribution in [1.29, 1.82) is 0 Å². The smallest absolute Gasteiger partial charge is 0.305 e. The van der Waals surface area contributed by atoms with E-state index in [1.54, 1.807) is 6.92 Å². The van der Waals surface area contributed by atoms with Gasteiger partial charge in [0.05, 0.1) is 18.7 Å². The summed E-state index contributed by atoms with van der Waals surface area (Å²) < 4.78 is 5.49. The Kier molecular flexibility index (Phi) is 5.25. The number of thiophene rings is 1. The Morgan fingerprint density at radius 3 is 3.20 bits per heavy atom. The number of hydrogen-bond donors (Lipinski definition) is 2. The molecular weight excluding hydrogens is 278 g/mol. The van der Waals surface area contributed by atoms with E-state index in [9.17, 15) is 9.59 Å². The number of ether oxygens (including phenoxy) is 1. The maximum absolute atomic E-state index is 11.7. The third kappa shape index (κ3) is 3.88. The largest absolute Gasteiger partial charge is 0.466 e. The molecule has 2 rings (SSSR count). The molecule has 0 aliphatic heterocycles. The SMILES string of the molecule is CCOC(=O)CCCNCc1nc2ccsc2c(=O)[nH]1. The molecule has 0 fully saturated rings. The molecular formula is C13H17N3O3S. The van der Waals surface area contributed by atoms with Crippen LogP contribution in [0, 0.1) is 0 Å². The standard InChI is InChI=1S/C13H17N3O3S/c1-2-19-11(17)4-3-6-14-8-10-15-9-5-7-20-12(9)13(18)16-10/h5,7,14H,2-4,6,8H2,1H3,(H,15,16,18). The van der Waals surface area contributed by atoms with Gasteiger partial charge in [-0.3, -0.25) is 9.59 Å². The summed E-state index contributed by atoms with van der Waals surface area (Å²) in [5.74, 6) is 0.428. The third-order valence-electron chi connectivity index (χ3n) is 2.70. The molecule has 108 valence electrons. The van der Waals surface area contributed by atoms with Crippen LogP contribution in [0.5, 0.6) is 0 Å². The van der Waals surface area contributed by atoms with Gasteiger partial charge in [-0.25, -0.2) is 4.98 Å². The summed E-state index contributed by atoms with van der Waals surface area (Å²) in [6, 6.07) is 1.83. The van der Waals surface area contributed by atoms with Crippen molar-refractivity contribution in [2.75, 3.05) is 13.2 Å². The van der Waals surface area contributed by atoms with Gasteiger partial charge in [-0.1, -0.05) is 0 Å². The summed E-state index contributed by atoms with van der Waals surface area (Å²) >= 11 is 1.38. The van der Waals surface area contributed by atoms with Crippen LogP contribution in [0.2, 0.25) is 0 Å². The number of nitrogens with zero attached hydrogens (tertiary/aromatic N) is 1. The molecule has 0 atom stereocenters. The summed E-state index contributed by atoms with van der Waals surface area (Å²) in [7, 11) is 0. The van der Waals surface area contributed by atoms with Gasteiger partial charge in [0.25, 0.3) is 5.56 Å². The second kappa shape index (κ2) is 7.16. The van der Waals surface area contributed by atoms with Gasteiger partial charge in [-0.05, 0) is 31.3 Å². The highest BCUT2D eigenvalue weighted by atomic mass is 32.1. The van der Waals surface area contributed by atoms with Gasteiger partial charge in [0, 0.05) is 6.42 Å². The van der Waals surface area contributed by atoms with Crippen LogP contribution in [-0.4, -0.2) is 29.1 Å². The third-order valence-corrected chi connectivity index (χ3v) is 3.60. The quantitative estimate of drug-likeness (QED) is 0.596. The fraction of sp³-hybridized carbons (Fsp3) is 0.462. The van der Waals surface area contributed by atoms with E-state index in [0.717, 1.165) is 5.52 Å². The minimum atomic E-state index is -0.180. The van der Waals surface area contributed by atoms with Crippen molar-refractivity contribution in [3.63, 3.8) is 0 Å². The Morgan fingerprint density at radius 1 is 1.55 bits per heavy atom. The zero-order valence-corrected chi connectivity index (χ0v) is 12.1. The molecule has 0 amide bonds. The van der Waals surface area contributed by atoms with E-state index in [0.29, 0.717) is 43.1 Å². The van der Waals surface area contributed by atoms with Crippen LogP contribution in [0.1, 0.15) is 25.6 Å². The Balaban J connectivity index is 1.78. The van der Waals surface area contributed by atoms with Crippen LogP contribution in [0.25, 0.3) is 10.2 Å². The van der Waals surface area contributed by atoms with Crippen LogP contribution in [-0.2, 0) is 16.1 Å². The van der Waals surface area contributed by atoms with Gasteiger partial charge in [-0.15, -0.1) is 11.3 Å². The second-order valence-electron chi connectivity index (χ2n) is 4.23. The van der Waals surface area contributed by atoms with Gasteiger partial charge in [-0.2, -0.15) is 0 Å². The lowest BCUT2D eigenvalue weighted by Crippen LogP contribution is -2.20. The van der Waals surface area contributed by atoms with Crippen molar-refractivity contribution in [3.05, 3.63) is 27.6 Å². The monoisotopic (exact) mass is 295 g/mol. The zero-order chi connectivity index (χ0) is 14.4. The van der Waals surface area contributed by atoms with Gasteiger partial charge >= 0.3 is 5.97 Å². The zero-order valence-electron chi connectivity index (χ0n) is 11.3. The number of nitrogens with one attached hydrogen (secondary N) is 2. The molecule has 0 unspecified atom stereocenters. The highest BCUT2D eigenvalue weighted by Gasteiger charge is 2.05. The Morgan fingerprint density at radius 2 is 2.40 bits per heavy atom. The number of esters is 1. The van der Waals surface area contributed by atoms with Crippen molar-refractivity contribution in [2.45, 2.75) is 26.3 Å². The second-order valence-corrected chi connectivity index (χ2v) is 5.15. The van der Waals surface area contributed by atoms with Crippen LogP contribution in [0.4, 0.5) is 0 Å². The summed E-state index contributed by atoms with van der Waals surface area (Å²) in [4.78, 5) is 30.0. The molecule has 0 aliphatic carbocycles. The summed E-state index contributed by atoms with van der Waals surface area (Å²) in [5.41, 5.74) is 0.621. The number of rotatable bonds is 7. The predicted octanol–water partition coefficient (Wildman–Crippen LogP) is 1.42. The predicted molar refractivity (Wildman–Crippen MR) is 77.8 cm³/mol. The van der Waals surface area contributed by atoms with Crippen molar-refractivity contribution in [1.82, 2.24) is 15.3 Å². The first kappa shape index (κ1) is 14.7. The average molecular weight is 295 g/mol. The van der Waals surface area contributed by atoms with Crippen LogP contribution in [0.3, 0.4) is 0 Å². The Labute approximate surface area is 120 Å². The molecule has 0 saturated heterocycles. The van der Waals surface area contributed by atoms with Gasteiger partial charge < -0.3 is 15.0 Å². The van der Waals surface area contributed by atoms with E-state index in [1.165, 1.54) is 11.3 Å². The van der Waals surface area contributed by atoms with Crippen molar-refractivity contribution >= 4 is 27.5 Å². The summed E-state index contributed by atoms with van der Waals surface area (Å²) in [6.07, 6.45) is 1.10. The highest BCUT2D eigenvalue weighted by molar-refractivity contribution is 7.17. The molecule has 0 spiro atoms. The summed E-state index contributed by atoms with van der Waals surface area (Å²) in [6.45, 7) is 3.35. The number of aromatic nitrogens is 2. The van der Waals surface area contributed by atoms with Gasteiger partial charge in [0.1, 0.15) is 10.5 Å². The lowest BCUT2D eigenvalue weighted by Gasteiger charge is -2.04. The minimum absolute atomic E-state index is 0.103. The fourth-order valence-electron chi connectivity index (χ4n) is 1.80. The molecule has 2 heterocycles. The Bertz CT molecular complexity index is 635. The number of aromatic amines is 1. The molecule has 0 saturated carbocycles. The number of hydrogen-bond acceptors (Lipinski definition) is 6. The first-order valence-corrected chi connectivity index (χ1v) is 7.41. The molecule has 2 aromatic rings. The van der Waals surface area contributed by atoms with E-state index in [-0.39, 0.29) is 11.5 Å². The fourth-order valence-corrected chi connectivity index (χ4v) is 2.53. The van der Waals surface area contributed by atoms with Gasteiger partial charge in [0.15, 0.2) is 0 Å². The molecule has 20 heavy (non-hydrogen) atoms.